The van der Waals surface area contributed by atoms with Crippen molar-refractivity contribution in [3.05, 3.63) is 23.8 Å². The van der Waals surface area contributed by atoms with Gasteiger partial charge in [-0.05, 0) is 51.1 Å². The number of rotatable bonds is 7. The lowest BCUT2D eigenvalue weighted by atomic mass is 9.97. The van der Waals surface area contributed by atoms with Crippen LogP contribution < -0.4 is 14.8 Å². The lowest BCUT2D eigenvalue weighted by molar-refractivity contribution is -0.147. The molecule has 0 bridgehead atoms. The quantitative estimate of drug-likeness (QED) is 0.743. The molecule has 1 aliphatic heterocycles. The van der Waals surface area contributed by atoms with Gasteiger partial charge in [0.25, 0.3) is 0 Å². The molecule has 1 saturated heterocycles. The molecule has 0 radical (unpaired) electrons. The molecule has 0 unspecified atom stereocenters. The van der Waals surface area contributed by atoms with Crippen molar-refractivity contribution < 1.29 is 23.8 Å². The average Bonchev–Trinajstić information content (AvgIpc) is 2.67. The highest BCUT2D eigenvalue weighted by Crippen LogP contribution is 2.29. The first-order valence-corrected chi connectivity index (χ1v) is 8.80. The van der Waals surface area contributed by atoms with E-state index in [0.717, 1.165) is 18.4 Å². The number of piperidine rings is 1. The van der Waals surface area contributed by atoms with E-state index in [0.29, 0.717) is 31.1 Å². The minimum absolute atomic E-state index is 0.0562. The largest absolute Gasteiger partial charge is 0.497 e. The first kappa shape index (κ1) is 20.0. The molecule has 144 valence electrons. The number of likely N-dealkylation sites (tertiary alicyclic amines) is 1. The molecular weight excluding hydrogens is 336 g/mol. The van der Waals surface area contributed by atoms with E-state index in [1.807, 2.05) is 25.1 Å². The summed E-state index contributed by atoms with van der Waals surface area (Å²) in [4.78, 5) is 26.0. The Bertz CT molecular complexity index is 626. The summed E-state index contributed by atoms with van der Waals surface area (Å²) in [7, 11) is 4.62. The zero-order chi connectivity index (χ0) is 19.1. The van der Waals surface area contributed by atoms with Gasteiger partial charge in [-0.15, -0.1) is 0 Å². The molecular formula is C19H28N2O5. The zero-order valence-corrected chi connectivity index (χ0v) is 15.9. The minimum atomic E-state index is -0.208. The van der Waals surface area contributed by atoms with E-state index in [1.54, 1.807) is 14.2 Å². The van der Waals surface area contributed by atoms with Crippen LogP contribution in [0.1, 0.15) is 31.4 Å². The predicted molar refractivity (Wildman–Crippen MR) is 97.3 cm³/mol. The van der Waals surface area contributed by atoms with Crippen LogP contribution in [0, 0.1) is 5.92 Å². The molecule has 1 amide bonds. The van der Waals surface area contributed by atoms with Crippen LogP contribution in [-0.2, 0) is 14.3 Å². The molecule has 0 saturated carbocycles. The highest BCUT2D eigenvalue weighted by molar-refractivity contribution is 5.78. The zero-order valence-electron chi connectivity index (χ0n) is 15.9. The van der Waals surface area contributed by atoms with E-state index < -0.39 is 0 Å². The Kier molecular flexibility index (Phi) is 7.26. The molecule has 1 atom stereocenters. The predicted octanol–water partition coefficient (Wildman–Crippen LogP) is 1.77. The van der Waals surface area contributed by atoms with Crippen molar-refractivity contribution in [2.24, 2.45) is 5.92 Å². The third-order valence-electron chi connectivity index (χ3n) is 4.77. The van der Waals surface area contributed by atoms with Crippen molar-refractivity contribution in [3.8, 4) is 11.5 Å². The van der Waals surface area contributed by atoms with Crippen molar-refractivity contribution in [2.45, 2.75) is 25.8 Å². The maximum absolute atomic E-state index is 12.4. The average molecular weight is 364 g/mol. The smallest absolute Gasteiger partial charge is 0.308 e. The third-order valence-corrected chi connectivity index (χ3v) is 4.77. The number of benzene rings is 1. The van der Waals surface area contributed by atoms with E-state index in [-0.39, 0.29) is 23.8 Å². The number of amides is 1. The monoisotopic (exact) mass is 364 g/mol. The molecule has 2 rings (SSSR count). The number of nitrogens with one attached hydrogen (secondary N) is 1. The number of ether oxygens (including phenoxy) is 3. The molecule has 1 aromatic carbocycles. The third kappa shape index (κ3) is 5.11. The number of esters is 1. The normalized spacial score (nSPS) is 16.6. The van der Waals surface area contributed by atoms with E-state index in [9.17, 15) is 9.59 Å². The minimum Gasteiger partial charge on any atom is -0.497 e. The Labute approximate surface area is 154 Å². The molecule has 1 fully saturated rings. The molecule has 1 aromatic rings. The van der Waals surface area contributed by atoms with E-state index in [1.165, 1.54) is 7.11 Å². The first-order valence-electron chi connectivity index (χ1n) is 8.80. The standard InChI is InChI=1S/C19H28N2O5/c1-13(16-11-15(24-2)5-6-17(16)25-3)20-18(22)12-21-9-7-14(8-10-21)19(23)26-4/h5-6,11,13-14H,7-10,12H2,1-4H3,(H,20,22)/t13-/m0/s1. The Balaban J connectivity index is 1.89. The Morgan fingerprint density at radius 1 is 1.19 bits per heavy atom. The maximum Gasteiger partial charge on any atom is 0.308 e. The summed E-state index contributed by atoms with van der Waals surface area (Å²) < 4.78 is 15.4. The summed E-state index contributed by atoms with van der Waals surface area (Å²) >= 11 is 0. The lowest BCUT2D eigenvalue weighted by Gasteiger charge is -2.30. The van der Waals surface area contributed by atoms with Crippen LogP contribution in [0.5, 0.6) is 11.5 Å². The van der Waals surface area contributed by atoms with Crippen LogP contribution in [0.3, 0.4) is 0 Å². The second kappa shape index (κ2) is 9.43. The van der Waals surface area contributed by atoms with Crippen molar-refractivity contribution in [3.63, 3.8) is 0 Å². The second-order valence-electron chi connectivity index (χ2n) is 6.47. The summed E-state index contributed by atoms with van der Waals surface area (Å²) in [6.07, 6.45) is 1.44. The van der Waals surface area contributed by atoms with Gasteiger partial charge in [-0.3, -0.25) is 14.5 Å². The number of methoxy groups -OCH3 is 3. The number of carbonyl (C=O) groups is 2. The molecule has 26 heavy (non-hydrogen) atoms. The van der Waals surface area contributed by atoms with Crippen molar-refractivity contribution >= 4 is 11.9 Å². The molecule has 0 aliphatic carbocycles. The molecule has 0 aromatic heterocycles. The van der Waals surface area contributed by atoms with E-state index in [2.05, 4.69) is 10.2 Å². The van der Waals surface area contributed by atoms with E-state index >= 15 is 0 Å². The van der Waals surface area contributed by atoms with Gasteiger partial charge in [0, 0.05) is 5.56 Å². The molecule has 7 heteroatoms. The van der Waals surface area contributed by atoms with Crippen molar-refractivity contribution in [2.75, 3.05) is 41.0 Å². The Hall–Kier alpha value is -2.28. The molecule has 7 nitrogen and oxygen atoms in total. The lowest BCUT2D eigenvalue weighted by Crippen LogP contribution is -2.43. The van der Waals surface area contributed by atoms with Crippen LogP contribution in [-0.4, -0.2) is 57.7 Å². The fraction of sp³-hybridized carbons (Fsp3) is 0.579. The SMILES string of the molecule is COC(=O)C1CCN(CC(=O)N[C@@H](C)c2cc(OC)ccc2OC)CC1. The van der Waals surface area contributed by atoms with Gasteiger partial charge in [-0.1, -0.05) is 0 Å². The summed E-state index contributed by atoms with van der Waals surface area (Å²) in [5.41, 5.74) is 0.865. The number of hydrogen-bond donors (Lipinski definition) is 1. The van der Waals surface area contributed by atoms with Gasteiger partial charge in [0.15, 0.2) is 0 Å². The van der Waals surface area contributed by atoms with Crippen molar-refractivity contribution in [1.82, 2.24) is 10.2 Å². The summed E-state index contributed by atoms with van der Waals surface area (Å²) in [5, 5.41) is 3.01. The van der Waals surface area contributed by atoms with Crippen molar-refractivity contribution in [1.29, 1.82) is 0 Å². The Morgan fingerprint density at radius 3 is 2.46 bits per heavy atom. The summed E-state index contributed by atoms with van der Waals surface area (Å²) in [6, 6.07) is 5.31. The highest BCUT2D eigenvalue weighted by atomic mass is 16.5. The summed E-state index contributed by atoms with van der Waals surface area (Å²) in [6.45, 7) is 3.65. The van der Waals surface area contributed by atoms with Crippen LogP contribution >= 0.6 is 0 Å². The fourth-order valence-corrected chi connectivity index (χ4v) is 3.24. The van der Waals surface area contributed by atoms with E-state index in [4.69, 9.17) is 14.2 Å². The topological polar surface area (TPSA) is 77.1 Å². The fourth-order valence-electron chi connectivity index (χ4n) is 3.24. The van der Waals surface area contributed by atoms with Crippen LogP contribution in [0.4, 0.5) is 0 Å². The number of carbonyl (C=O) groups excluding carboxylic acids is 2. The summed E-state index contributed by atoms with van der Waals surface area (Å²) in [5.74, 6) is 1.15. The van der Waals surface area contributed by atoms with Gasteiger partial charge >= 0.3 is 5.97 Å². The molecule has 1 aliphatic rings. The van der Waals surface area contributed by atoms with Gasteiger partial charge in [0.2, 0.25) is 5.91 Å². The molecule has 1 heterocycles. The van der Waals surface area contributed by atoms with Crippen LogP contribution in [0.25, 0.3) is 0 Å². The van der Waals surface area contributed by atoms with Gasteiger partial charge in [-0.2, -0.15) is 0 Å². The van der Waals surface area contributed by atoms with Gasteiger partial charge in [0.1, 0.15) is 11.5 Å². The highest BCUT2D eigenvalue weighted by Gasteiger charge is 2.26. The first-order chi connectivity index (χ1) is 12.5. The van der Waals surface area contributed by atoms with Gasteiger partial charge in [0.05, 0.1) is 39.8 Å². The number of nitrogens with zero attached hydrogens (tertiary/aromatic N) is 1. The molecule has 1 N–H and O–H groups in total. The second-order valence-corrected chi connectivity index (χ2v) is 6.47. The van der Waals surface area contributed by atoms with Gasteiger partial charge in [-0.25, -0.2) is 0 Å². The maximum atomic E-state index is 12.4. The molecule has 0 spiro atoms. The Morgan fingerprint density at radius 2 is 1.88 bits per heavy atom. The van der Waals surface area contributed by atoms with Gasteiger partial charge < -0.3 is 19.5 Å². The van der Waals surface area contributed by atoms with Crippen LogP contribution in [0.2, 0.25) is 0 Å². The number of hydrogen-bond acceptors (Lipinski definition) is 6. The van der Waals surface area contributed by atoms with Crippen LogP contribution in [0.15, 0.2) is 18.2 Å².